The van der Waals surface area contributed by atoms with Gasteiger partial charge in [0.25, 0.3) is 0 Å². The van der Waals surface area contributed by atoms with Gasteiger partial charge in [-0.3, -0.25) is 9.69 Å². The number of carbonyl (C=O) groups is 1. The summed E-state index contributed by atoms with van der Waals surface area (Å²) in [7, 11) is 0. The van der Waals surface area contributed by atoms with Crippen molar-refractivity contribution in [2.75, 3.05) is 10.8 Å². The van der Waals surface area contributed by atoms with Crippen LogP contribution in [0.3, 0.4) is 0 Å². The number of aromatic nitrogens is 3. The molecule has 0 aliphatic rings. The Labute approximate surface area is 140 Å². The molecule has 0 unspecified atom stereocenters. The Morgan fingerprint density at radius 3 is 2.58 bits per heavy atom. The number of fused-ring (bicyclic) bond motifs is 1. The molecule has 3 aromatic rings. The molecular formula is C16H11ClF2N4O. The molecule has 122 valence electrons. The van der Waals surface area contributed by atoms with Crippen molar-refractivity contribution in [2.24, 2.45) is 0 Å². The summed E-state index contributed by atoms with van der Waals surface area (Å²) in [6.45, 7) is -0.373. The van der Waals surface area contributed by atoms with Gasteiger partial charge in [0.2, 0.25) is 11.9 Å². The van der Waals surface area contributed by atoms with Crippen LogP contribution >= 0.6 is 11.6 Å². The van der Waals surface area contributed by atoms with Gasteiger partial charge in [0, 0.05) is 23.3 Å². The zero-order valence-corrected chi connectivity index (χ0v) is 13.0. The maximum absolute atomic E-state index is 13.9. The molecule has 5 nitrogen and oxygen atoms in total. The molecule has 0 aliphatic heterocycles. The van der Waals surface area contributed by atoms with Crippen LogP contribution in [0.25, 0.3) is 11.0 Å². The van der Waals surface area contributed by atoms with Gasteiger partial charge in [0.1, 0.15) is 17.5 Å². The molecule has 2 aromatic heterocycles. The molecule has 0 atom stereocenters. The molecule has 0 radical (unpaired) electrons. The van der Waals surface area contributed by atoms with Crippen LogP contribution in [0.15, 0.2) is 42.7 Å². The number of hydrogen-bond donors (Lipinski definition) is 0. The summed E-state index contributed by atoms with van der Waals surface area (Å²) in [5, 5.41) is 0.677. The van der Waals surface area contributed by atoms with E-state index < -0.39 is 17.5 Å². The highest BCUT2D eigenvalue weighted by molar-refractivity contribution is 6.29. The fourth-order valence-corrected chi connectivity index (χ4v) is 2.31. The van der Waals surface area contributed by atoms with Gasteiger partial charge in [0.05, 0.1) is 6.54 Å². The summed E-state index contributed by atoms with van der Waals surface area (Å²) >= 11 is 5.61. The molecule has 0 fully saturated rings. The standard InChI is InChI=1S/C16H11ClF2N4O/c17-7-14(24)23(9-11-12(18)4-1-5-13(11)19)16-21-8-10-3-2-6-20-15(10)22-16/h1-6,8H,7,9H2. The first-order chi connectivity index (χ1) is 11.6. The number of nitrogens with zero attached hydrogens (tertiary/aromatic N) is 4. The molecule has 0 aliphatic carbocycles. The summed E-state index contributed by atoms with van der Waals surface area (Å²) in [6.07, 6.45) is 3.03. The monoisotopic (exact) mass is 348 g/mol. The molecule has 0 bridgehead atoms. The van der Waals surface area contributed by atoms with Crippen LogP contribution in [0.1, 0.15) is 5.56 Å². The lowest BCUT2D eigenvalue weighted by molar-refractivity contribution is -0.116. The number of anilines is 1. The average molecular weight is 349 g/mol. The largest absolute Gasteiger partial charge is 0.275 e. The molecule has 24 heavy (non-hydrogen) atoms. The van der Waals surface area contributed by atoms with Crippen LogP contribution in [0.2, 0.25) is 0 Å². The first kappa shape index (κ1) is 16.2. The molecule has 0 saturated heterocycles. The SMILES string of the molecule is O=C(CCl)N(Cc1c(F)cccc1F)c1ncc2cccnc2n1. The fraction of sp³-hybridized carbons (Fsp3) is 0.125. The third-order valence-electron chi connectivity index (χ3n) is 3.38. The topological polar surface area (TPSA) is 59.0 Å². The zero-order valence-electron chi connectivity index (χ0n) is 12.3. The quantitative estimate of drug-likeness (QED) is 0.680. The lowest BCUT2D eigenvalue weighted by Gasteiger charge is -2.20. The number of amides is 1. The molecule has 1 amide bonds. The average Bonchev–Trinajstić information content (AvgIpc) is 2.60. The predicted molar refractivity (Wildman–Crippen MR) is 85.6 cm³/mol. The molecule has 8 heteroatoms. The zero-order chi connectivity index (χ0) is 17.1. The van der Waals surface area contributed by atoms with Crippen molar-refractivity contribution in [3.05, 3.63) is 59.9 Å². The predicted octanol–water partition coefficient (Wildman–Crippen LogP) is 3.08. The third kappa shape index (κ3) is 3.16. The normalized spacial score (nSPS) is 10.8. The van der Waals surface area contributed by atoms with Gasteiger partial charge in [-0.15, -0.1) is 11.6 Å². The molecule has 0 N–H and O–H groups in total. The van der Waals surface area contributed by atoms with Gasteiger partial charge in [0.15, 0.2) is 5.65 Å². The van der Waals surface area contributed by atoms with Crippen LogP contribution < -0.4 is 4.90 Å². The van der Waals surface area contributed by atoms with E-state index in [-0.39, 0.29) is 23.9 Å². The Hall–Kier alpha value is -2.67. The maximum atomic E-state index is 13.9. The van der Waals surface area contributed by atoms with Crippen molar-refractivity contribution in [3.8, 4) is 0 Å². The lowest BCUT2D eigenvalue weighted by Crippen LogP contribution is -2.33. The highest BCUT2D eigenvalue weighted by Crippen LogP contribution is 2.20. The third-order valence-corrected chi connectivity index (χ3v) is 3.61. The van der Waals surface area contributed by atoms with Crippen molar-refractivity contribution < 1.29 is 13.6 Å². The molecule has 3 rings (SSSR count). The van der Waals surface area contributed by atoms with Crippen LogP contribution in [0.5, 0.6) is 0 Å². The highest BCUT2D eigenvalue weighted by Gasteiger charge is 2.22. The summed E-state index contributed by atoms with van der Waals surface area (Å²) in [5.41, 5.74) is 0.101. The Morgan fingerprint density at radius 1 is 1.12 bits per heavy atom. The number of halogens is 3. The minimum absolute atomic E-state index is 0.0190. The van der Waals surface area contributed by atoms with Gasteiger partial charge in [-0.1, -0.05) is 6.07 Å². The summed E-state index contributed by atoms with van der Waals surface area (Å²) in [5.74, 6) is -2.49. The van der Waals surface area contributed by atoms with E-state index in [1.165, 1.54) is 12.3 Å². The van der Waals surface area contributed by atoms with Crippen molar-refractivity contribution in [1.29, 1.82) is 0 Å². The first-order valence-corrected chi connectivity index (χ1v) is 7.50. The van der Waals surface area contributed by atoms with Crippen molar-refractivity contribution >= 4 is 34.5 Å². The molecule has 2 heterocycles. The lowest BCUT2D eigenvalue weighted by atomic mass is 10.2. The summed E-state index contributed by atoms with van der Waals surface area (Å²) in [6, 6.07) is 6.96. The number of carbonyl (C=O) groups excluding carboxylic acids is 1. The molecular weight excluding hydrogens is 338 g/mol. The van der Waals surface area contributed by atoms with E-state index in [1.807, 2.05) is 0 Å². The number of rotatable bonds is 4. The minimum atomic E-state index is -0.763. The smallest absolute Gasteiger partial charge is 0.244 e. The van der Waals surface area contributed by atoms with E-state index >= 15 is 0 Å². The van der Waals surface area contributed by atoms with Crippen LogP contribution in [-0.2, 0) is 11.3 Å². The number of alkyl halides is 1. The number of hydrogen-bond acceptors (Lipinski definition) is 4. The van der Waals surface area contributed by atoms with Gasteiger partial charge in [-0.25, -0.2) is 18.7 Å². The van der Waals surface area contributed by atoms with E-state index in [4.69, 9.17) is 11.6 Å². The Balaban J connectivity index is 2.04. The second-order valence-corrected chi connectivity index (χ2v) is 5.17. The van der Waals surface area contributed by atoms with E-state index in [2.05, 4.69) is 15.0 Å². The Morgan fingerprint density at radius 2 is 1.88 bits per heavy atom. The van der Waals surface area contributed by atoms with Gasteiger partial charge >= 0.3 is 0 Å². The van der Waals surface area contributed by atoms with E-state index in [1.54, 1.807) is 18.3 Å². The fourth-order valence-electron chi connectivity index (χ4n) is 2.17. The van der Waals surface area contributed by atoms with Crippen molar-refractivity contribution in [3.63, 3.8) is 0 Å². The van der Waals surface area contributed by atoms with Crippen molar-refractivity contribution in [1.82, 2.24) is 15.0 Å². The van der Waals surface area contributed by atoms with Crippen LogP contribution in [-0.4, -0.2) is 26.7 Å². The molecule has 1 aromatic carbocycles. The maximum Gasteiger partial charge on any atom is 0.244 e. The molecule has 0 spiro atoms. The van der Waals surface area contributed by atoms with Gasteiger partial charge in [-0.2, -0.15) is 4.98 Å². The number of pyridine rings is 1. The van der Waals surface area contributed by atoms with E-state index in [9.17, 15) is 13.6 Å². The van der Waals surface area contributed by atoms with Crippen LogP contribution in [0.4, 0.5) is 14.7 Å². The van der Waals surface area contributed by atoms with E-state index in [0.29, 0.717) is 11.0 Å². The summed E-state index contributed by atoms with van der Waals surface area (Å²) < 4.78 is 27.8. The van der Waals surface area contributed by atoms with Gasteiger partial charge in [-0.05, 0) is 24.3 Å². The molecule has 0 saturated carbocycles. The Bertz CT molecular complexity index is 886. The summed E-state index contributed by atoms with van der Waals surface area (Å²) in [4.78, 5) is 25.5. The minimum Gasteiger partial charge on any atom is -0.275 e. The Kier molecular flexibility index (Phi) is 4.61. The van der Waals surface area contributed by atoms with Crippen molar-refractivity contribution in [2.45, 2.75) is 6.54 Å². The van der Waals surface area contributed by atoms with Gasteiger partial charge < -0.3 is 0 Å². The highest BCUT2D eigenvalue weighted by atomic mass is 35.5. The van der Waals surface area contributed by atoms with Crippen LogP contribution in [0, 0.1) is 11.6 Å². The van der Waals surface area contributed by atoms with E-state index in [0.717, 1.165) is 17.0 Å². The second kappa shape index (κ2) is 6.84. The number of benzene rings is 1. The first-order valence-electron chi connectivity index (χ1n) is 6.97. The second-order valence-electron chi connectivity index (χ2n) is 4.90.